The third kappa shape index (κ3) is 2.33. The Labute approximate surface area is 104 Å². The van der Waals surface area contributed by atoms with Crippen LogP contribution in [0.4, 0.5) is 0 Å². The summed E-state index contributed by atoms with van der Waals surface area (Å²) in [5.74, 6) is -0.506. The van der Waals surface area contributed by atoms with Crippen molar-refractivity contribution in [3.63, 3.8) is 0 Å². The molecule has 2 rings (SSSR count). The van der Waals surface area contributed by atoms with Crippen LogP contribution in [0.25, 0.3) is 11.4 Å². The molecule has 0 amide bonds. The number of nitrogens with zero attached hydrogens (tertiary/aromatic N) is 3. The highest BCUT2D eigenvalue weighted by molar-refractivity contribution is 5.87. The number of ether oxygens (including phenoxy) is 1. The maximum atomic E-state index is 11.4. The number of hydrogen-bond acceptors (Lipinski definition) is 5. The first-order valence-electron chi connectivity index (χ1n) is 5.17. The van der Waals surface area contributed by atoms with Crippen molar-refractivity contribution in [1.82, 2.24) is 9.97 Å². The summed E-state index contributed by atoms with van der Waals surface area (Å²) in [7, 11) is 1.30. The Morgan fingerprint density at radius 1 is 1.17 bits per heavy atom. The highest BCUT2D eigenvalue weighted by atomic mass is 16.5. The number of carbonyl (C=O) groups excluding carboxylic acids is 1. The second-order valence-electron chi connectivity index (χ2n) is 3.42. The van der Waals surface area contributed by atoms with Crippen molar-refractivity contribution in [2.75, 3.05) is 7.11 Å². The van der Waals surface area contributed by atoms with Gasteiger partial charge in [0, 0.05) is 0 Å². The van der Waals surface area contributed by atoms with Crippen LogP contribution in [-0.2, 0) is 4.74 Å². The summed E-state index contributed by atoms with van der Waals surface area (Å²) in [6, 6.07) is 12.0. The Morgan fingerprint density at radius 2 is 1.83 bits per heavy atom. The van der Waals surface area contributed by atoms with Gasteiger partial charge in [-0.2, -0.15) is 5.26 Å². The molecule has 18 heavy (non-hydrogen) atoms. The molecular weight excluding hydrogens is 230 g/mol. The lowest BCUT2D eigenvalue weighted by molar-refractivity contribution is 0.0594. The lowest BCUT2D eigenvalue weighted by atomic mass is 10.2. The second kappa shape index (κ2) is 5.06. The largest absolute Gasteiger partial charge is 0.464 e. The molecule has 0 spiro atoms. The Bertz CT molecular complexity index is 632. The Balaban J connectivity index is 2.45. The van der Waals surface area contributed by atoms with Crippen LogP contribution in [0.3, 0.4) is 0 Å². The number of pyridine rings is 2. The molecule has 0 unspecified atom stereocenters. The predicted octanol–water partition coefficient (Wildman–Crippen LogP) is 1.80. The van der Waals surface area contributed by atoms with Gasteiger partial charge in [-0.3, -0.25) is 0 Å². The summed E-state index contributed by atoms with van der Waals surface area (Å²) in [5, 5.41) is 8.78. The molecule has 0 aliphatic heterocycles. The van der Waals surface area contributed by atoms with Crippen molar-refractivity contribution in [3.8, 4) is 17.5 Å². The maximum absolute atomic E-state index is 11.4. The molecule has 5 nitrogen and oxygen atoms in total. The van der Waals surface area contributed by atoms with E-state index >= 15 is 0 Å². The van der Waals surface area contributed by atoms with Gasteiger partial charge in [-0.05, 0) is 24.3 Å². The van der Waals surface area contributed by atoms with E-state index < -0.39 is 5.97 Å². The number of rotatable bonds is 2. The number of aromatic nitrogens is 2. The SMILES string of the molecule is COC(=O)c1cccc(-c2cccc(C#N)n2)n1. The fourth-order valence-corrected chi connectivity index (χ4v) is 1.44. The van der Waals surface area contributed by atoms with Crippen molar-refractivity contribution in [2.24, 2.45) is 0 Å². The number of hydrogen-bond donors (Lipinski definition) is 0. The molecule has 0 saturated heterocycles. The highest BCUT2D eigenvalue weighted by Crippen LogP contribution is 2.15. The minimum atomic E-state index is -0.506. The summed E-state index contributed by atoms with van der Waals surface area (Å²) >= 11 is 0. The Morgan fingerprint density at radius 3 is 2.50 bits per heavy atom. The lowest BCUT2D eigenvalue weighted by Gasteiger charge is -2.02. The quantitative estimate of drug-likeness (QED) is 0.747. The van der Waals surface area contributed by atoms with Crippen LogP contribution in [0.2, 0.25) is 0 Å². The molecule has 0 aliphatic carbocycles. The van der Waals surface area contributed by atoms with Gasteiger partial charge in [0.1, 0.15) is 17.5 Å². The molecule has 0 fully saturated rings. The first-order chi connectivity index (χ1) is 8.74. The maximum Gasteiger partial charge on any atom is 0.356 e. The smallest absolute Gasteiger partial charge is 0.356 e. The predicted molar refractivity (Wildman–Crippen MR) is 63.5 cm³/mol. The topological polar surface area (TPSA) is 75.9 Å². The van der Waals surface area contributed by atoms with Crippen LogP contribution >= 0.6 is 0 Å². The molecule has 2 heterocycles. The van der Waals surface area contributed by atoms with E-state index in [0.29, 0.717) is 17.1 Å². The van der Waals surface area contributed by atoms with Gasteiger partial charge in [0.2, 0.25) is 0 Å². The summed E-state index contributed by atoms with van der Waals surface area (Å²) in [6.45, 7) is 0. The fourth-order valence-electron chi connectivity index (χ4n) is 1.44. The third-order valence-electron chi connectivity index (χ3n) is 2.27. The molecule has 0 N–H and O–H groups in total. The monoisotopic (exact) mass is 239 g/mol. The van der Waals surface area contributed by atoms with E-state index in [2.05, 4.69) is 14.7 Å². The summed E-state index contributed by atoms with van der Waals surface area (Å²) in [6.07, 6.45) is 0. The van der Waals surface area contributed by atoms with E-state index in [4.69, 9.17) is 5.26 Å². The van der Waals surface area contributed by atoms with Crippen LogP contribution < -0.4 is 0 Å². The van der Waals surface area contributed by atoms with Crippen LogP contribution in [0, 0.1) is 11.3 Å². The van der Waals surface area contributed by atoms with Crippen molar-refractivity contribution >= 4 is 5.97 Å². The zero-order valence-corrected chi connectivity index (χ0v) is 9.62. The number of carbonyl (C=O) groups is 1. The van der Waals surface area contributed by atoms with Gasteiger partial charge in [-0.15, -0.1) is 0 Å². The molecule has 2 aromatic heterocycles. The molecule has 0 aliphatic rings. The van der Waals surface area contributed by atoms with Crippen molar-refractivity contribution < 1.29 is 9.53 Å². The van der Waals surface area contributed by atoms with Crippen LogP contribution in [0.15, 0.2) is 36.4 Å². The summed E-state index contributed by atoms with van der Waals surface area (Å²) < 4.78 is 4.60. The van der Waals surface area contributed by atoms with Gasteiger partial charge in [-0.25, -0.2) is 14.8 Å². The van der Waals surface area contributed by atoms with E-state index in [0.717, 1.165) is 0 Å². The van der Waals surface area contributed by atoms with Gasteiger partial charge >= 0.3 is 5.97 Å². The summed E-state index contributed by atoms with van der Waals surface area (Å²) in [4.78, 5) is 19.6. The molecule has 5 heteroatoms. The summed E-state index contributed by atoms with van der Waals surface area (Å²) in [5.41, 5.74) is 1.58. The van der Waals surface area contributed by atoms with E-state index in [-0.39, 0.29) is 5.69 Å². The van der Waals surface area contributed by atoms with Crippen molar-refractivity contribution in [1.29, 1.82) is 5.26 Å². The van der Waals surface area contributed by atoms with E-state index in [1.54, 1.807) is 36.4 Å². The third-order valence-corrected chi connectivity index (χ3v) is 2.27. The van der Waals surface area contributed by atoms with Crippen LogP contribution in [0.5, 0.6) is 0 Å². The fraction of sp³-hybridized carbons (Fsp3) is 0.0769. The molecule has 2 aromatic rings. The number of nitriles is 1. The van der Waals surface area contributed by atoms with Gasteiger partial charge in [0.05, 0.1) is 18.5 Å². The molecule has 0 atom stereocenters. The number of esters is 1. The molecule has 0 aromatic carbocycles. The number of methoxy groups -OCH3 is 1. The molecule has 0 bridgehead atoms. The molecular formula is C13H9N3O2. The van der Waals surface area contributed by atoms with Crippen LogP contribution in [0.1, 0.15) is 16.2 Å². The molecule has 0 saturated carbocycles. The van der Waals surface area contributed by atoms with Gasteiger partial charge < -0.3 is 4.74 Å². The normalized spacial score (nSPS) is 9.56. The zero-order chi connectivity index (χ0) is 13.0. The molecule has 88 valence electrons. The lowest BCUT2D eigenvalue weighted by Crippen LogP contribution is -2.04. The average molecular weight is 239 g/mol. The molecule has 0 radical (unpaired) electrons. The van der Waals surface area contributed by atoms with Gasteiger partial charge in [0.15, 0.2) is 0 Å². The first-order valence-corrected chi connectivity index (χ1v) is 5.17. The van der Waals surface area contributed by atoms with Crippen LogP contribution in [-0.4, -0.2) is 23.0 Å². The Kier molecular flexibility index (Phi) is 3.30. The van der Waals surface area contributed by atoms with E-state index in [1.807, 2.05) is 6.07 Å². The van der Waals surface area contributed by atoms with E-state index in [1.165, 1.54) is 7.11 Å². The van der Waals surface area contributed by atoms with Gasteiger partial charge in [-0.1, -0.05) is 12.1 Å². The minimum absolute atomic E-state index is 0.208. The average Bonchev–Trinajstić information content (AvgIpc) is 2.46. The first kappa shape index (κ1) is 11.7. The van der Waals surface area contributed by atoms with Crippen molar-refractivity contribution in [3.05, 3.63) is 47.8 Å². The minimum Gasteiger partial charge on any atom is -0.464 e. The van der Waals surface area contributed by atoms with Crippen molar-refractivity contribution in [2.45, 2.75) is 0 Å². The Hall–Kier alpha value is -2.74. The zero-order valence-electron chi connectivity index (χ0n) is 9.62. The second-order valence-corrected chi connectivity index (χ2v) is 3.42. The standard InChI is InChI=1S/C13H9N3O2/c1-18-13(17)12-7-3-6-11(16-12)10-5-2-4-9(8-14)15-10/h2-7H,1H3. The van der Waals surface area contributed by atoms with Gasteiger partial charge in [0.25, 0.3) is 0 Å². The van der Waals surface area contributed by atoms with E-state index in [9.17, 15) is 4.79 Å². The highest BCUT2D eigenvalue weighted by Gasteiger charge is 2.09.